The van der Waals surface area contributed by atoms with E-state index in [1.54, 1.807) is 0 Å². The zero-order valence-electron chi connectivity index (χ0n) is 23.3. The minimum atomic E-state index is -2.03. The van der Waals surface area contributed by atoms with E-state index in [1.165, 1.54) is 19.2 Å². The molecule has 0 N–H and O–H groups in total. The number of rotatable bonds is 13. The molecule has 1 aromatic carbocycles. The molecule has 0 unspecified atom stereocenters. The van der Waals surface area contributed by atoms with Crippen molar-refractivity contribution < 1.29 is 23.1 Å². The summed E-state index contributed by atoms with van der Waals surface area (Å²) in [6.07, 6.45) is 8.84. The van der Waals surface area contributed by atoms with Gasteiger partial charge < -0.3 is 14.1 Å². The molecule has 1 heterocycles. The smallest absolute Gasteiger partial charge is 0.306 e. The zero-order chi connectivity index (χ0) is 27.3. The number of amides is 1. The van der Waals surface area contributed by atoms with Gasteiger partial charge in [-0.25, -0.2) is 4.39 Å². The van der Waals surface area contributed by atoms with E-state index in [4.69, 9.17) is 9.16 Å². The standard InChI is InChI=1S/C29H44FNO4SSi/c1-28(2,3)37(5,6)35-25(19-22-7-9-23(30)10-8-22)13-11-24-12-14-26(32)31(24)17-18-36-21-29(15-16-29)20-27(33)34-4/h7-11,13,24-25H,12,14-21H2,1-6H3/t24-,25+/m0/s1. The first-order valence-electron chi connectivity index (χ1n) is 13.4. The van der Waals surface area contributed by atoms with Crippen LogP contribution in [0.2, 0.25) is 18.1 Å². The lowest BCUT2D eigenvalue weighted by molar-refractivity contribution is -0.141. The monoisotopic (exact) mass is 549 g/mol. The molecule has 1 saturated heterocycles. The molecule has 37 heavy (non-hydrogen) atoms. The molecule has 1 saturated carbocycles. The number of carbonyl (C=O) groups is 2. The molecular formula is C29H44FNO4SSi. The van der Waals surface area contributed by atoms with Gasteiger partial charge in [-0.15, -0.1) is 0 Å². The van der Waals surface area contributed by atoms with Crippen LogP contribution in [-0.2, 0) is 25.2 Å². The summed E-state index contributed by atoms with van der Waals surface area (Å²) in [6.45, 7) is 11.9. The van der Waals surface area contributed by atoms with Crippen molar-refractivity contribution in [1.29, 1.82) is 0 Å². The van der Waals surface area contributed by atoms with Crippen molar-refractivity contribution in [3.05, 3.63) is 47.8 Å². The maximum atomic E-state index is 13.5. The number of hydrogen-bond acceptors (Lipinski definition) is 5. The fraction of sp³-hybridized carbons (Fsp3) is 0.655. The van der Waals surface area contributed by atoms with Crippen LogP contribution >= 0.6 is 11.8 Å². The fourth-order valence-corrected chi connectivity index (χ4v) is 7.00. The zero-order valence-corrected chi connectivity index (χ0v) is 25.2. The number of benzene rings is 1. The molecule has 2 aliphatic rings. The van der Waals surface area contributed by atoms with Crippen LogP contribution in [0, 0.1) is 11.2 Å². The van der Waals surface area contributed by atoms with E-state index in [2.05, 4.69) is 46.0 Å². The van der Waals surface area contributed by atoms with Gasteiger partial charge in [-0.05, 0) is 66.3 Å². The molecule has 1 amide bonds. The van der Waals surface area contributed by atoms with Gasteiger partial charge >= 0.3 is 5.97 Å². The topological polar surface area (TPSA) is 55.8 Å². The maximum absolute atomic E-state index is 13.5. The average Bonchev–Trinajstić information content (AvgIpc) is 3.49. The second kappa shape index (κ2) is 12.5. The summed E-state index contributed by atoms with van der Waals surface area (Å²) in [5.74, 6) is 1.62. The van der Waals surface area contributed by atoms with Crippen LogP contribution in [0.4, 0.5) is 4.39 Å². The van der Waals surface area contributed by atoms with Crippen molar-refractivity contribution in [3.63, 3.8) is 0 Å². The third-order valence-electron chi connectivity index (χ3n) is 8.11. The molecule has 0 aromatic heterocycles. The lowest BCUT2D eigenvalue weighted by Crippen LogP contribution is -2.44. The first-order chi connectivity index (χ1) is 17.3. The third kappa shape index (κ3) is 8.68. The molecule has 3 rings (SSSR count). The summed E-state index contributed by atoms with van der Waals surface area (Å²) >= 11 is 1.83. The molecule has 0 spiro atoms. The summed E-state index contributed by atoms with van der Waals surface area (Å²) < 4.78 is 25.1. The first-order valence-corrected chi connectivity index (χ1v) is 17.5. The fourth-order valence-electron chi connectivity index (χ4n) is 4.43. The Morgan fingerprint density at radius 1 is 1.27 bits per heavy atom. The Balaban J connectivity index is 1.61. The minimum Gasteiger partial charge on any atom is -0.469 e. The van der Waals surface area contributed by atoms with E-state index in [9.17, 15) is 14.0 Å². The predicted molar refractivity (Wildman–Crippen MR) is 152 cm³/mol. The Morgan fingerprint density at radius 3 is 2.54 bits per heavy atom. The molecular weight excluding hydrogens is 505 g/mol. The van der Waals surface area contributed by atoms with E-state index in [-0.39, 0.29) is 40.3 Å². The lowest BCUT2D eigenvalue weighted by atomic mass is 10.1. The van der Waals surface area contributed by atoms with E-state index in [0.717, 1.165) is 36.3 Å². The van der Waals surface area contributed by atoms with Gasteiger partial charge in [0.1, 0.15) is 5.82 Å². The van der Waals surface area contributed by atoms with Crippen LogP contribution < -0.4 is 0 Å². The Hall–Kier alpha value is -1.64. The molecule has 0 radical (unpaired) electrons. The SMILES string of the molecule is COC(=O)CC1(CSCCN2C(=O)CC[C@@H]2C=C[C@H](Cc2ccc(F)cc2)O[Si](C)(C)C(C)(C)C)CC1. The van der Waals surface area contributed by atoms with Gasteiger partial charge in [0.25, 0.3) is 0 Å². The molecule has 2 fully saturated rings. The van der Waals surface area contributed by atoms with Gasteiger partial charge in [-0.2, -0.15) is 11.8 Å². The van der Waals surface area contributed by atoms with Gasteiger partial charge in [-0.3, -0.25) is 9.59 Å². The van der Waals surface area contributed by atoms with E-state index in [1.807, 2.05) is 28.8 Å². The number of ether oxygens (including phenoxy) is 1. The third-order valence-corrected chi connectivity index (χ3v) is 13.9. The first kappa shape index (κ1) is 29.9. The highest BCUT2D eigenvalue weighted by atomic mass is 32.2. The number of nitrogens with zero attached hydrogens (tertiary/aromatic N) is 1. The average molecular weight is 550 g/mol. The highest BCUT2D eigenvalue weighted by Crippen LogP contribution is 2.51. The van der Waals surface area contributed by atoms with E-state index >= 15 is 0 Å². The molecule has 2 atom stereocenters. The summed E-state index contributed by atoms with van der Waals surface area (Å²) in [6, 6.07) is 6.70. The van der Waals surface area contributed by atoms with Gasteiger partial charge in [0, 0.05) is 25.1 Å². The highest BCUT2D eigenvalue weighted by Gasteiger charge is 2.44. The van der Waals surface area contributed by atoms with Crippen LogP contribution in [0.1, 0.15) is 58.4 Å². The second-order valence-corrected chi connectivity index (χ2v) is 18.0. The number of methoxy groups -OCH3 is 1. The second-order valence-electron chi connectivity index (χ2n) is 12.1. The van der Waals surface area contributed by atoms with Crippen molar-refractivity contribution in [3.8, 4) is 0 Å². The molecule has 1 aliphatic heterocycles. The lowest BCUT2D eigenvalue weighted by Gasteiger charge is -2.39. The van der Waals surface area contributed by atoms with Crippen LogP contribution in [0.25, 0.3) is 0 Å². The van der Waals surface area contributed by atoms with Crippen LogP contribution in [0.5, 0.6) is 0 Å². The number of carbonyl (C=O) groups excluding carboxylic acids is 2. The number of hydrogen-bond donors (Lipinski definition) is 0. The van der Waals surface area contributed by atoms with Crippen molar-refractivity contribution in [2.45, 2.75) is 89.6 Å². The molecule has 1 aliphatic carbocycles. The largest absolute Gasteiger partial charge is 0.469 e. The maximum Gasteiger partial charge on any atom is 0.306 e. The van der Waals surface area contributed by atoms with Crippen molar-refractivity contribution in [2.24, 2.45) is 5.41 Å². The Bertz CT molecular complexity index is 956. The Morgan fingerprint density at radius 2 is 1.95 bits per heavy atom. The Kier molecular flexibility index (Phi) is 10.1. The van der Waals surface area contributed by atoms with Gasteiger partial charge in [-0.1, -0.05) is 45.1 Å². The predicted octanol–water partition coefficient (Wildman–Crippen LogP) is 6.38. The van der Waals surface area contributed by atoms with Crippen LogP contribution in [-0.4, -0.2) is 62.4 Å². The van der Waals surface area contributed by atoms with Crippen molar-refractivity contribution in [2.75, 3.05) is 25.2 Å². The molecule has 1 aromatic rings. The van der Waals surface area contributed by atoms with Crippen molar-refractivity contribution >= 4 is 32.0 Å². The quantitative estimate of drug-likeness (QED) is 0.124. The Labute approximate surface area is 227 Å². The van der Waals surface area contributed by atoms with Gasteiger partial charge in [0.05, 0.1) is 25.7 Å². The molecule has 5 nitrogen and oxygen atoms in total. The van der Waals surface area contributed by atoms with Gasteiger partial charge in [0.2, 0.25) is 5.91 Å². The molecule has 206 valence electrons. The van der Waals surface area contributed by atoms with E-state index < -0.39 is 8.32 Å². The summed E-state index contributed by atoms with van der Waals surface area (Å²) in [5.41, 5.74) is 1.13. The van der Waals surface area contributed by atoms with Crippen molar-refractivity contribution in [1.82, 2.24) is 4.90 Å². The number of thioether (sulfide) groups is 1. The normalized spacial score (nSPS) is 20.5. The number of esters is 1. The van der Waals surface area contributed by atoms with Crippen LogP contribution in [0.3, 0.4) is 0 Å². The van der Waals surface area contributed by atoms with E-state index in [0.29, 0.717) is 25.8 Å². The summed E-state index contributed by atoms with van der Waals surface area (Å²) in [7, 11) is -0.591. The molecule has 8 heteroatoms. The minimum absolute atomic E-state index is 0.0665. The number of halogens is 1. The summed E-state index contributed by atoms with van der Waals surface area (Å²) in [5, 5.41) is 0.0707. The number of likely N-dealkylation sites (tertiary alicyclic amines) is 1. The highest BCUT2D eigenvalue weighted by molar-refractivity contribution is 7.99. The summed E-state index contributed by atoms with van der Waals surface area (Å²) in [4.78, 5) is 26.3. The molecule has 0 bridgehead atoms. The van der Waals surface area contributed by atoms with Crippen LogP contribution in [0.15, 0.2) is 36.4 Å². The van der Waals surface area contributed by atoms with Gasteiger partial charge in [0.15, 0.2) is 8.32 Å².